The molecule has 8 heteroatoms. The molecular weight excluding hydrogens is 280 g/mol. The van der Waals surface area contributed by atoms with Gasteiger partial charge in [0.05, 0.1) is 0 Å². The quantitative estimate of drug-likeness (QED) is 0.343. The van der Waals surface area contributed by atoms with Crippen molar-refractivity contribution in [3.63, 3.8) is 0 Å². The summed E-state index contributed by atoms with van der Waals surface area (Å²) in [4.78, 5) is 33.0. The van der Waals surface area contributed by atoms with E-state index in [9.17, 15) is 14.4 Å². The third-order valence-corrected chi connectivity index (χ3v) is 2.30. The summed E-state index contributed by atoms with van der Waals surface area (Å²) in [5.74, 6) is -1.99. The molecule has 0 aliphatic carbocycles. The van der Waals surface area contributed by atoms with Crippen LogP contribution in [0.25, 0.3) is 0 Å². The summed E-state index contributed by atoms with van der Waals surface area (Å²) in [6.45, 7) is 2.60. The zero-order valence-corrected chi connectivity index (χ0v) is 12.4. The minimum atomic E-state index is -1.50. The average molecular weight is 302 g/mol. The van der Waals surface area contributed by atoms with E-state index in [2.05, 4.69) is 0 Å². The van der Waals surface area contributed by atoms with Crippen LogP contribution in [0.2, 0.25) is 0 Å². The molecule has 0 aromatic heterocycles. The summed E-state index contributed by atoms with van der Waals surface area (Å²) >= 11 is 0. The molecule has 0 aromatic rings. The third-order valence-electron chi connectivity index (χ3n) is 2.30. The summed E-state index contributed by atoms with van der Waals surface area (Å²) in [6, 6.07) is 0. The van der Waals surface area contributed by atoms with Crippen molar-refractivity contribution >= 4 is 18.6 Å². The number of rotatable bonds is 5. The first kappa shape index (κ1) is 19.2. The highest BCUT2D eigenvalue weighted by atomic mass is 16.5. The summed E-state index contributed by atoms with van der Waals surface area (Å²) in [6.07, 6.45) is 4.70. The Morgan fingerprint density at radius 3 is 2.33 bits per heavy atom. The lowest BCUT2D eigenvalue weighted by molar-refractivity contribution is -0.127. The highest BCUT2D eigenvalue weighted by Crippen LogP contribution is 2.20. The van der Waals surface area contributed by atoms with Crippen LogP contribution in [0, 0.1) is 0 Å². The van der Waals surface area contributed by atoms with Crippen molar-refractivity contribution in [3.8, 4) is 0 Å². The van der Waals surface area contributed by atoms with Gasteiger partial charge < -0.3 is 24.6 Å². The van der Waals surface area contributed by atoms with E-state index in [0.29, 0.717) is 12.8 Å². The first-order valence-corrected chi connectivity index (χ1v) is 6.37. The Labute approximate surface area is 123 Å². The van der Waals surface area contributed by atoms with E-state index >= 15 is 0 Å². The van der Waals surface area contributed by atoms with Crippen LogP contribution in [0.15, 0.2) is 12.3 Å². The molecule has 0 bridgehead atoms. The molecule has 120 valence electrons. The van der Waals surface area contributed by atoms with Gasteiger partial charge in [-0.15, -0.1) is 0 Å². The van der Waals surface area contributed by atoms with Crippen molar-refractivity contribution in [1.29, 1.82) is 0 Å². The number of imide groups is 1. The largest absolute Gasteiger partial charge is 0.366 e. The number of carbonyl (C=O) groups is 3. The molecule has 0 radical (unpaired) electrons. The zero-order chi connectivity index (χ0) is 16.5. The van der Waals surface area contributed by atoms with Gasteiger partial charge in [0.1, 0.15) is 18.6 Å². The Hall–Kier alpha value is -1.77. The molecule has 2 atom stereocenters. The third kappa shape index (κ3) is 10.7. The molecule has 0 aromatic carbocycles. The number of carbonyl (C=O) groups excluding carboxylic acids is 3. The Morgan fingerprint density at radius 1 is 1.33 bits per heavy atom. The number of nitrogens with zero attached hydrogens (tertiary/aromatic N) is 1. The lowest BCUT2D eigenvalue weighted by atomic mass is 10.2. The second kappa shape index (κ2) is 9.22. The van der Waals surface area contributed by atoms with E-state index in [1.807, 2.05) is 5.32 Å². The van der Waals surface area contributed by atoms with Crippen LogP contribution in [0.4, 0.5) is 0 Å². The minimum absolute atomic E-state index is 0.199. The number of ether oxygens (including phenoxy) is 1. The molecule has 0 saturated carbocycles. The van der Waals surface area contributed by atoms with Crippen LogP contribution < -0.4 is 5.32 Å². The molecule has 1 aliphatic rings. The SMILES string of the molecule is CC(C)(O)O.CN(/C=C\C(=O)NC=O)C1CCC(C=O)O1. The maximum atomic E-state index is 10.9. The van der Waals surface area contributed by atoms with Crippen molar-refractivity contribution in [2.45, 2.75) is 44.8 Å². The van der Waals surface area contributed by atoms with Crippen molar-refractivity contribution in [3.05, 3.63) is 12.3 Å². The lowest BCUT2D eigenvalue weighted by Crippen LogP contribution is -2.28. The Bertz CT molecular complexity index is 371. The van der Waals surface area contributed by atoms with Crippen LogP contribution in [0.3, 0.4) is 0 Å². The molecule has 8 nitrogen and oxygen atoms in total. The van der Waals surface area contributed by atoms with Gasteiger partial charge in [0.2, 0.25) is 6.41 Å². The molecule has 1 saturated heterocycles. The zero-order valence-electron chi connectivity index (χ0n) is 12.4. The maximum absolute atomic E-state index is 10.9. The second-order valence-corrected chi connectivity index (χ2v) is 4.94. The molecule has 3 N–H and O–H groups in total. The van der Waals surface area contributed by atoms with Crippen molar-refractivity contribution < 1.29 is 29.3 Å². The van der Waals surface area contributed by atoms with Gasteiger partial charge in [-0.05, 0) is 26.7 Å². The summed E-state index contributed by atoms with van der Waals surface area (Å²) < 4.78 is 5.37. The van der Waals surface area contributed by atoms with Gasteiger partial charge in [-0.1, -0.05) is 0 Å². The van der Waals surface area contributed by atoms with Crippen LogP contribution in [0.5, 0.6) is 0 Å². The molecule has 1 fully saturated rings. The van der Waals surface area contributed by atoms with E-state index in [0.717, 1.165) is 12.7 Å². The highest BCUT2D eigenvalue weighted by molar-refractivity contribution is 5.94. The van der Waals surface area contributed by atoms with Crippen LogP contribution in [0.1, 0.15) is 26.7 Å². The standard InChI is InChI=1S/C10H14N2O4.C3H8O2/c1-12(5-4-9(15)11-7-14)10-3-2-8(6-13)16-10;1-3(2,4)5/h4-8,10H,2-3H2,1H3,(H,11,14,15);4-5H,1-2H3/b5-4-;. The molecule has 1 heterocycles. The second-order valence-electron chi connectivity index (χ2n) is 4.94. The monoisotopic (exact) mass is 302 g/mol. The summed E-state index contributed by atoms with van der Waals surface area (Å²) in [5.41, 5.74) is 0. The van der Waals surface area contributed by atoms with E-state index in [1.165, 1.54) is 26.1 Å². The number of hydrogen-bond donors (Lipinski definition) is 3. The molecule has 2 unspecified atom stereocenters. The number of hydrogen-bond acceptors (Lipinski definition) is 7. The molecule has 1 aliphatic heterocycles. The molecule has 1 rings (SSSR count). The summed E-state index contributed by atoms with van der Waals surface area (Å²) in [7, 11) is 1.74. The van der Waals surface area contributed by atoms with E-state index < -0.39 is 11.7 Å². The van der Waals surface area contributed by atoms with Crippen molar-refractivity contribution in [2.24, 2.45) is 0 Å². The average Bonchev–Trinajstić information content (AvgIpc) is 2.83. The smallest absolute Gasteiger partial charge is 0.251 e. The van der Waals surface area contributed by atoms with Gasteiger partial charge in [-0.25, -0.2) is 0 Å². The number of aldehydes is 1. The van der Waals surface area contributed by atoms with Crippen molar-refractivity contribution in [2.75, 3.05) is 7.05 Å². The normalized spacial score (nSPS) is 21.4. The predicted molar refractivity (Wildman–Crippen MR) is 73.6 cm³/mol. The number of nitrogens with one attached hydrogen (secondary N) is 1. The lowest BCUT2D eigenvalue weighted by Gasteiger charge is -2.21. The van der Waals surface area contributed by atoms with Crippen LogP contribution in [-0.4, -0.2) is 58.9 Å². The van der Waals surface area contributed by atoms with E-state index in [-0.39, 0.29) is 12.3 Å². The number of amides is 2. The number of aliphatic hydroxyl groups is 2. The van der Waals surface area contributed by atoms with Crippen molar-refractivity contribution in [1.82, 2.24) is 10.2 Å². The fraction of sp³-hybridized carbons (Fsp3) is 0.615. The first-order valence-electron chi connectivity index (χ1n) is 6.37. The molecule has 0 spiro atoms. The fourth-order valence-corrected chi connectivity index (χ4v) is 1.43. The maximum Gasteiger partial charge on any atom is 0.251 e. The first-order chi connectivity index (χ1) is 9.67. The minimum Gasteiger partial charge on any atom is -0.366 e. The Balaban J connectivity index is 0.000000690. The molecular formula is C13H22N2O6. The highest BCUT2D eigenvalue weighted by Gasteiger charge is 2.26. The molecule has 2 amide bonds. The van der Waals surface area contributed by atoms with Gasteiger partial charge in [0.25, 0.3) is 5.91 Å². The van der Waals surface area contributed by atoms with Gasteiger partial charge in [0.15, 0.2) is 5.79 Å². The van der Waals surface area contributed by atoms with Gasteiger partial charge >= 0.3 is 0 Å². The van der Waals surface area contributed by atoms with Gasteiger partial charge in [-0.3, -0.25) is 14.9 Å². The molecule has 21 heavy (non-hydrogen) atoms. The fourth-order valence-electron chi connectivity index (χ4n) is 1.43. The van der Waals surface area contributed by atoms with Gasteiger partial charge in [0, 0.05) is 19.3 Å². The Kier molecular flexibility index (Phi) is 8.44. The van der Waals surface area contributed by atoms with E-state index in [4.69, 9.17) is 14.9 Å². The predicted octanol–water partition coefficient (Wildman–Crippen LogP) is -0.884. The topological polar surface area (TPSA) is 116 Å². The van der Waals surface area contributed by atoms with Crippen LogP contribution >= 0.6 is 0 Å². The van der Waals surface area contributed by atoms with Crippen LogP contribution in [-0.2, 0) is 19.1 Å². The summed E-state index contributed by atoms with van der Waals surface area (Å²) in [5, 5.41) is 18.1. The Morgan fingerprint density at radius 2 is 1.90 bits per heavy atom. The van der Waals surface area contributed by atoms with Gasteiger partial charge in [-0.2, -0.15) is 0 Å². The van der Waals surface area contributed by atoms with E-state index in [1.54, 1.807) is 11.9 Å².